The molecule has 1 aromatic heterocycles. The SMILES string of the molecule is CC(=Nn1c(-c2ccc3c(c2)NC(=O)CO3)csc1=NCCc1ccccc1)c1ccc(F)cc1. The number of benzene rings is 3. The van der Waals surface area contributed by atoms with Crippen LogP contribution >= 0.6 is 11.3 Å². The minimum Gasteiger partial charge on any atom is -0.482 e. The molecule has 0 unspecified atom stereocenters. The third-order valence-electron chi connectivity index (χ3n) is 5.60. The predicted molar refractivity (Wildman–Crippen MR) is 136 cm³/mol. The van der Waals surface area contributed by atoms with Crippen LogP contribution in [0.15, 0.2) is 88.3 Å². The van der Waals surface area contributed by atoms with Crippen molar-refractivity contribution >= 4 is 28.6 Å². The largest absolute Gasteiger partial charge is 0.482 e. The summed E-state index contributed by atoms with van der Waals surface area (Å²) in [5.41, 5.74) is 5.08. The summed E-state index contributed by atoms with van der Waals surface area (Å²) in [6.07, 6.45) is 0.816. The van der Waals surface area contributed by atoms with Crippen molar-refractivity contribution in [2.45, 2.75) is 13.3 Å². The van der Waals surface area contributed by atoms with E-state index in [1.54, 1.807) is 12.1 Å². The predicted octanol–water partition coefficient (Wildman–Crippen LogP) is 5.10. The monoisotopic (exact) mass is 486 g/mol. The van der Waals surface area contributed by atoms with Gasteiger partial charge in [0, 0.05) is 17.5 Å². The Bertz CT molecular complexity index is 1460. The van der Waals surface area contributed by atoms with Gasteiger partial charge in [0.15, 0.2) is 6.61 Å². The average Bonchev–Trinajstić information content (AvgIpc) is 3.26. The number of anilines is 1. The standard InChI is InChI=1S/C27H23FN4O2S/c1-18(20-7-10-22(28)11-8-20)31-32-24(21-9-12-25-23(15-21)30-26(33)16-34-25)17-35-27(32)29-14-13-19-5-3-2-4-6-19/h2-12,15,17H,13-14,16H2,1H3,(H,30,33). The van der Waals surface area contributed by atoms with Gasteiger partial charge >= 0.3 is 0 Å². The smallest absolute Gasteiger partial charge is 0.262 e. The molecule has 1 aliphatic heterocycles. The van der Waals surface area contributed by atoms with Crippen LogP contribution < -0.4 is 14.9 Å². The molecule has 2 heterocycles. The summed E-state index contributed by atoms with van der Waals surface area (Å²) in [5, 5.41) is 9.71. The van der Waals surface area contributed by atoms with Crippen molar-refractivity contribution in [2.24, 2.45) is 10.1 Å². The highest BCUT2D eigenvalue weighted by atomic mass is 32.1. The normalized spacial score (nSPS) is 13.8. The zero-order chi connectivity index (χ0) is 24.2. The summed E-state index contributed by atoms with van der Waals surface area (Å²) in [7, 11) is 0. The molecular formula is C27H23FN4O2S. The van der Waals surface area contributed by atoms with Crippen molar-refractivity contribution in [3.8, 4) is 17.0 Å². The molecule has 35 heavy (non-hydrogen) atoms. The molecule has 0 atom stereocenters. The van der Waals surface area contributed by atoms with Crippen LogP contribution in [0.25, 0.3) is 11.3 Å². The summed E-state index contributed by atoms with van der Waals surface area (Å²) in [5.74, 6) is 0.156. The number of carbonyl (C=O) groups excluding carboxylic acids is 1. The van der Waals surface area contributed by atoms with Crippen molar-refractivity contribution in [1.82, 2.24) is 4.68 Å². The van der Waals surface area contributed by atoms with Gasteiger partial charge in [-0.1, -0.05) is 42.5 Å². The van der Waals surface area contributed by atoms with Crippen LogP contribution in [0.3, 0.4) is 0 Å². The van der Waals surface area contributed by atoms with Gasteiger partial charge in [-0.25, -0.2) is 9.07 Å². The molecule has 176 valence electrons. The molecule has 0 bridgehead atoms. The zero-order valence-corrected chi connectivity index (χ0v) is 19.9. The Hall–Kier alpha value is -4.04. The van der Waals surface area contributed by atoms with E-state index in [1.165, 1.54) is 29.0 Å². The number of aromatic nitrogens is 1. The van der Waals surface area contributed by atoms with E-state index in [0.717, 1.165) is 33.8 Å². The highest BCUT2D eigenvalue weighted by Gasteiger charge is 2.18. The number of halogens is 1. The minimum absolute atomic E-state index is 0.0103. The van der Waals surface area contributed by atoms with Crippen LogP contribution in [0, 0.1) is 5.82 Å². The lowest BCUT2D eigenvalue weighted by molar-refractivity contribution is -0.118. The van der Waals surface area contributed by atoms with Gasteiger partial charge < -0.3 is 10.1 Å². The molecule has 0 fully saturated rings. The molecule has 1 aliphatic rings. The fourth-order valence-corrected chi connectivity index (χ4v) is 4.63. The minimum atomic E-state index is -0.291. The summed E-state index contributed by atoms with van der Waals surface area (Å²) < 4.78 is 20.7. The Labute approximate surface area is 206 Å². The quantitative estimate of drug-likeness (QED) is 0.385. The van der Waals surface area contributed by atoms with E-state index in [1.807, 2.05) is 53.4 Å². The first-order chi connectivity index (χ1) is 17.1. The first-order valence-corrected chi connectivity index (χ1v) is 12.1. The van der Waals surface area contributed by atoms with Crippen molar-refractivity contribution in [3.63, 3.8) is 0 Å². The number of amides is 1. The summed E-state index contributed by atoms with van der Waals surface area (Å²) in [6.45, 7) is 2.51. The molecule has 1 amide bonds. The van der Waals surface area contributed by atoms with Crippen molar-refractivity contribution < 1.29 is 13.9 Å². The fraction of sp³-hybridized carbons (Fsp3) is 0.148. The van der Waals surface area contributed by atoms with E-state index < -0.39 is 0 Å². The first-order valence-electron chi connectivity index (χ1n) is 11.2. The topological polar surface area (TPSA) is 68.0 Å². The lowest BCUT2D eigenvalue weighted by Gasteiger charge is -2.18. The number of ether oxygens (including phenoxy) is 1. The van der Waals surface area contributed by atoms with Crippen LogP contribution in [0.5, 0.6) is 5.75 Å². The van der Waals surface area contributed by atoms with Gasteiger partial charge in [-0.3, -0.25) is 9.79 Å². The Balaban J connectivity index is 1.55. The second-order valence-corrected chi connectivity index (χ2v) is 8.91. The highest BCUT2D eigenvalue weighted by molar-refractivity contribution is 7.07. The van der Waals surface area contributed by atoms with Gasteiger partial charge in [-0.05, 0) is 54.8 Å². The Morgan fingerprint density at radius 1 is 1.11 bits per heavy atom. The maximum absolute atomic E-state index is 13.4. The molecule has 1 N–H and O–H groups in total. The van der Waals surface area contributed by atoms with Gasteiger partial charge in [-0.2, -0.15) is 5.10 Å². The van der Waals surface area contributed by atoms with Crippen molar-refractivity contribution in [1.29, 1.82) is 0 Å². The summed E-state index contributed by atoms with van der Waals surface area (Å²) >= 11 is 1.49. The number of carbonyl (C=O) groups is 1. The number of thiazole rings is 1. The van der Waals surface area contributed by atoms with E-state index in [0.29, 0.717) is 18.0 Å². The molecule has 0 spiro atoms. The number of rotatable bonds is 6. The summed E-state index contributed by atoms with van der Waals surface area (Å²) in [4.78, 5) is 17.4. The molecule has 0 aliphatic carbocycles. The van der Waals surface area contributed by atoms with Crippen LogP contribution in [0.2, 0.25) is 0 Å². The average molecular weight is 487 g/mol. The third kappa shape index (κ3) is 5.22. The molecule has 0 saturated heterocycles. The Morgan fingerprint density at radius 3 is 2.71 bits per heavy atom. The van der Waals surface area contributed by atoms with Crippen LogP contribution in [-0.4, -0.2) is 29.4 Å². The van der Waals surface area contributed by atoms with E-state index >= 15 is 0 Å². The number of nitrogens with one attached hydrogen (secondary N) is 1. The van der Waals surface area contributed by atoms with Crippen LogP contribution in [0.4, 0.5) is 10.1 Å². The van der Waals surface area contributed by atoms with Crippen molar-refractivity contribution in [2.75, 3.05) is 18.5 Å². The molecule has 0 saturated carbocycles. The molecular weight excluding hydrogens is 463 g/mol. The molecule has 8 heteroatoms. The summed E-state index contributed by atoms with van der Waals surface area (Å²) in [6, 6.07) is 22.1. The second-order valence-electron chi connectivity index (χ2n) is 8.07. The lowest BCUT2D eigenvalue weighted by Crippen LogP contribution is -2.25. The number of hydrogen-bond donors (Lipinski definition) is 1. The maximum atomic E-state index is 13.4. The van der Waals surface area contributed by atoms with E-state index in [2.05, 4.69) is 17.4 Å². The molecule has 6 nitrogen and oxygen atoms in total. The third-order valence-corrected chi connectivity index (χ3v) is 6.45. The maximum Gasteiger partial charge on any atom is 0.262 e. The van der Waals surface area contributed by atoms with E-state index in [-0.39, 0.29) is 18.3 Å². The molecule has 4 aromatic rings. The Morgan fingerprint density at radius 2 is 1.91 bits per heavy atom. The number of fused-ring (bicyclic) bond motifs is 1. The van der Waals surface area contributed by atoms with Gasteiger partial charge in [0.05, 0.1) is 17.1 Å². The molecule has 5 rings (SSSR count). The molecule has 3 aromatic carbocycles. The fourth-order valence-electron chi connectivity index (χ4n) is 3.77. The number of nitrogens with zero attached hydrogens (tertiary/aromatic N) is 3. The van der Waals surface area contributed by atoms with Crippen LogP contribution in [0.1, 0.15) is 18.1 Å². The zero-order valence-electron chi connectivity index (χ0n) is 19.1. The first kappa shape index (κ1) is 22.7. The van der Waals surface area contributed by atoms with Gasteiger partial charge in [-0.15, -0.1) is 11.3 Å². The van der Waals surface area contributed by atoms with Gasteiger partial charge in [0.25, 0.3) is 5.91 Å². The Kier molecular flexibility index (Phi) is 6.54. The van der Waals surface area contributed by atoms with Gasteiger partial charge in [0.1, 0.15) is 11.6 Å². The van der Waals surface area contributed by atoms with Crippen molar-refractivity contribution in [3.05, 3.63) is 99.9 Å². The van der Waals surface area contributed by atoms with E-state index in [4.69, 9.17) is 14.8 Å². The lowest BCUT2D eigenvalue weighted by atomic mass is 10.1. The van der Waals surface area contributed by atoms with Crippen LogP contribution in [-0.2, 0) is 11.2 Å². The number of hydrogen-bond acceptors (Lipinski definition) is 5. The van der Waals surface area contributed by atoms with E-state index in [9.17, 15) is 9.18 Å². The molecule has 0 radical (unpaired) electrons. The van der Waals surface area contributed by atoms with Gasteiger partial charge in [0.2, 0.25) is 4.80 Å². The second kappa shape index (κ2) is 10.1. The highest BCUT2D eigenvalue weighted by Crippen LogP contribution is 2.33.